The van der Waals surface area contributed by atoms with E-state index in [2.05, 4.69) is 18.7 Å². The van der Waals surface area contributed by atoms with Crippen LogP contribution >= 0.6 is 0 Å². The Morgan fingerprint density at radius 3 is 2.14 bits per heavy atom. The van der Waals surface area contributed by atoms with Crippen molar-refractivity contribution in [1.29, 1.82) is 0 Å². The fraction of sp³-hybridized carbons (Fsp3) is 0.333. The smallest absolute Gasteiger partial charge is 0.115 e. The minimum atomic E-state index is -0.529. The first-order chi connectivity index (χ1) is 9.90. The molecule has 2 aromatic rings. The van der Waals surface area contributed by atoms with Crippen LogP contribution in [0.15, 0.2) is 54.6 Å². The maximum absolute atomic E-state index is 10.6. The van der Waals surface area contributed by atoms with Gasteiger partial charge in [0.15, 0.2) is 0 Å². The fourth-order valence-corrected chi connectivity index (χ4v) is 2.58. The van der Waals surface area contributed by atoms with Gasteiger partial charge in [0.1, 0.15) is 5.75 Å². The highest BCUT2D eigenvalue weighted by Crippen LogP contribution is 2.34. The van der Waals surface area contributed by atoms with Gasteiger partial charge in [-0.2, -0.15) is 0 Å². The van der Waals surface area contributed by atoms with E-state index in [0.717, 1.165) is 11.3 Å². The van der Waals surface area contributed by atoms with E-state index in [1.54, 1.807) is 12.1 Å². The molecule has 2 rings (SSSR count). The highest BCUT2D eigenvalue weighted by molar-refractivity contribution is 5.48. The van der Waals surface area contributed by atoms with Crippen molar-refractivity contribution in [2.24, 2.45) is 5.41 Å². The first-order valence-corrected chi connectivity index (χ1v) is 7.13. The second-order valence-corrected chi connectivity index (χ2v) is 6.17. The molecule has 1 atom stereocenters. The molecule has 0 radical (unpaired) electrons. The number of phenolic OH excluding ortho intramolecular Hbond substituents is 1. The molecule has 0 aliphatic carbocycles. The Balaban J connectivity index is 2.11. The number of nitrogens with zero attached hydrogens (tertiary/aromatic N) is 1. The van der Waals surface area contributed by atoms with Crippen LogP contribution in [0.2, 0.25) is 0 Å². The van der Waals surface area contributed by atoms with Gasteiger partial charge in [-0.25, -0.2) is 0 Å². The summed E-state index contributed by atoms with van der Waals surface area (Å²) in [4.78, 5) is 2.09. The molecule has 2 aromatic carbocycles. The predicted octanol–water partition coefficient (Wildman–Crippen LogP) is 3.59. The Hall–Kier alpha value is -2.00. The molecule has 2 N–H and O–H groups in total. The standard InChI is InChI=1S/C18H23NO2/c1-18(2,17(21)14-7-5-4-6-8-14)13-19(3)15-9-11-16(20)12-10-15/h4-12,17,20-21H,13H2,1-3H3. The van der Waals surface area contributed by atoms with Crippen LogP contribution in [-0.4, -0.2) is 23.8 Å². The molecular weight excluding hydrogens is 262 g/mol. The van der Waals surface area contributed by atoms with Crippen LogP contribution in [-0.2, 0) is 0 Å². The van der Waals surface area contributed by atoms with Crippen LogP contribution in [0, 0.1) is 5.41 Å². The first kappa shape index (κ1) is 15.4. The lowest BCUT2D eigenvalue weighted by molar-refractivity contribution is 0.0547. The maximum atomic E-state index is 10.6. The second-order valence-electron chi connectivity index (χ2n) is 6.17. The number of aliphatic hydroxyl groups excluding tert-OH is 1. The molecule has 1 unspecified atom stereocenters. The van der Waals surface area contributed by atoms with Crippen LogP contribution in [0.1, 0.15) is 25.5 Å². The Morgan fingerprint density at radius 2 is 1.57 bits per heavy atom. The van der Waals surface area contributed by atoms with Crippen molar-refractivity contribution < 1.29 is 10.2 Å². The Labute approximate surface area is 126 Å². The molecule has 0 spiro atoms. The van der Waals surface area contributed by atoms with Crippen LogP contribution in [0.25, 0.3) is 0 Å². The number of benzene rings is 2. The van der Waals surface area contributed by atoms with E-state index in [4.69, 9.17) is 0 Å². The number of rotatable bonds is 5. The zero-order valence-corrected chi connectivity index (χ0v) is 12.8. The topological polar surface area (TPSA) is 43.7 Å². The fourth-order valence-electron chi connectivity index (χ4n) is 2.58. The second kappa shape index (κ2) is 6.19. The molecule has 0 aliphatic heterocycles. The number of hydrogen-bond acceptors (Lipinski definition) is 3. The molecular formula is C18H23NO2. The van der Waals surface area contributed by atoms with Crippen LogP contribution in [0.3, 0.4) is 0 Å². The SMILES string of the molecule is CN(CC(C)(C)C(O)c1ccccc1)c1ccc(O)cc1. The summed E-state index contributed by atoms with van der Waals surface area (Å²) in [6.45, 7) is 4.82. The van der Waals surface area contributed by atoms with Crippen LogP contribution in [0.5, 0.6) is 5.75 Å². The molecule has 3 nitrogen and oxygen atoms in total. The van der Waals surface area contributed by atoms with Crippen molar-refractivity contribution in [2.75, 3.05) is 18.5 Å². The number of aliphatic hydroxyl groups is 1. The highest BCUT2D eigenvalue weighted by Gasteiger charge is 2.30. The van der Waals surface area contributed by atoms with Crippen molar-refractivity contribution in [3.63, 3.8) is 0 Å². The van der Waals surface area contributed by atoms with Crippen molar-refractivity contribution in [2.45, 2.75) is 20.0 Å². The predicted molar refractivity (Wildman–Crippen MR) is 86.6 cm³/mol. The highest BCUT2D eigenvalue weighted by atomic mass is 16.3. The van der Waals surface area contributed by atoms with Crippen LogP contribution < -0.4 is 4.90 Å². The molecule has 0 amide bonds. The monoisotopic (exact) mass is 285 g/mol. The van der Waals surface area contributed by atoms with E-state index in [9.17, 15) is 10.2 Å². The maximum Gasteiger partial charge on any atom is 0.115 e. The van der Waals surface area contributed by atoms with E-state index < -0.39 is 6.10 Å². The largest absolute Gasteiger partial charge is 0.508 e. The molecule has 0 fully saturated rings. The molecule has 112 valence electrons. The molecule has 0 aliphatic rings. The Bertz CT molecular complexity index is 564. The summed E-state index contributed by atoms with van der Waals surface area (Å²) >= 11 is 0. The average Bonchev–Trinajstić information content (AvgIpc) is 2.47. The van der Waals surface area contributed by atoms with Gasteiger partial charge >= 0.3 is 0 Å². The number of hydrogen-bond donors (Lipinski definition) is 2. The van der Waals surface area contributed by atoms with Crippen molar-refractivity contribution in [3.05, 3.63) is 60.2 Å². The number of anilines is 1. The lowest BCUT2D eigenvalue weighted by Gasteiger charge is -2.35. The van der Waals surface area contributed by atoms with Gasteiger partial charge in [0.05, 0.1) is 6.10 Å². The lowest BCUT2D eigenvalue weighted by atomic mass is 9.82. The van der Waals surface area contributed by atoms with E-state index in [1.165, 1.54) is 0 Å². The van der Waals surface area contributed by atoms with Gasteiger partial charge < -0.3 is 15.1 Å². The molecule has 3 heteroatoms. The zero-order chi connectivity index (χ0) is 15.5. The minimum Gasteiger partial charge on any atom is -0.508 e. The van der Waals surface area contributed by atoms with Gasteiger partial charge in [-0.1, -0.05) is 44.2 Å². The Kier molecular flexibility index (Phi) is 4.53. The summed E-state index contributed by atoms with van der Waals surface area (Å²) in [7, 11) is 1.99. The van der Waals surface area contributed by atoms with E-state index in [1.807, 2.05) is 49.5 Å². The van der Waals surface area contributed by atoms with Crippen LogP contribution in [0.4, 0.5) is 5.69 Å². The summed E-state index contributed by atoms with van der Waals surface area (Å²) < 4.78 is 0. The first-order valence-electron chi connectivity index (χ1n) is 7.13. The molecule has 0 bridgehead atoms. The van der Waals surface area contributed by atoms with Gasteiger partial charge in [-0.15, -0.1) is 0 Å². The molecule has 0 aromatic heterocycles. The van der Waals surface area contributed by atoms with Gasteiger partial charge in [0.25, 0.3) is 0 Å². The quantitative estimate of drug-likeness (QED) is 0.882. The van der Waals surface area contributed by atoms with E-state index in [0.29, 0.717) is 6.54 Å². The summed E-state index contributed by atoms with van der Waals surface area (Å²) in [6, 6.07) is 16.8. The van der Waals surface area contributed by atoms with Gasteiger partial charge in [-0.3, -0.25) is 0 Å². The van der Waals surface area contributed by atoms with Crippen molar-refractivity contribution in [3.8, 4) is 5.75 Å². The molecule has 0 saturated heterocycles. The number of phenols is 1. The number of aromatic hydroxyl groups is 1. The lowest BCUT2D eigenvalue weighted by Crippen LogP contribution is -2.36. The molecule has 0 heterocycles. The van der Waals surface area contributed by atoms with Crippen molar-refractivity contribution >= 4 is 5.69 Å². The average molecular weight is 285 g/mol. The zero-order valence-electron chi connectivity index (χ0n) is 12.8. The van der Waals surface area contributed by atoms with E-state index in [-0.39, 0.29) is 11.2 Å². The molecule has 21 heavy (non-hydrogen) atoms. The normalized spacial score (nSPS) is 13.0. The van der Waals surface area contributed by atoms with Crippen molar-refractivity contribution in [1.82, 2.24) is 0 Å². The third kappa shape index (κ3) is 3.76. The van der Waals surface area contributed by atoms with Gasteiger partial charge in [0, 0.05) is 24.7 Å². The summed E-state index contributed by atoms with van der Waals surface area (Å²) in [6.07, 6.45) is -0.529. The van der Waals surface area contributed by atoms with Gasteiger partial charge in [-0.05, 0) is 29.8 Å². The Morgan fingerprint density at radius 1 is 1.00 bits per heavy atom. The minimum absolute atomic E-state index is 0.260. The van der Waals surface area contributed by atoms with E-state index >= 15 is 0 Å². The summed E-state index contributed by atoms with van der Waals surface area (Å²) in [5.74, 6) is 0.260. The van der Waals surface area contributed by atoms with Gasteiger partial charge in [0.2, 0.25) is 0 Å². The summed E-state index contributed by atoms with van der Waals surface area (Å²) in [5, 5.41) is 20.0. The summed E-state index contributed by atoms with van der Waals surface area (Å²) in [5.41, 5.74) is 1.65. The third-order valence-corrected chi connectivity index (χ3v) is 3.79. The molecule has 0 saturated carbocycles. The third-order valence-electron chi connectivity index (χ3n) is 3.79.